The van der Waals surface area contributed by atoms with E-state index in [0.717, 1.165) is 11.1 Å². The van der Waals surface area contributed by atoms with E-state index in [0.29, 0.717) is 18.5 Å². The molecule has 0 bridgehead atoms. The average Bonchev–Trinajstić information content (AvgIpc) is 2.51. The number of nitrogen functional groups attached to an aromatic ring is 1. The molecule has 0 radical (unpaired) electrons. The van der Waals surface area contributed by atoms with E-state index in [2.05, 4.69) is 19.2 Å². The van der Waals surface area contributed by atoms with Crippen molar-refractivity contribution in [3.8, 4) is 0 Å². The summed E-state index contributed by atoms with van der Waals surface area (Å²) in [4.78, 5) is 12.3. The normalized spacial score (nSPS) is 12.2. The van der Waals surface area contributed by atoms with Crippen LogP contribution in [0, 0.1) is 11.7 Å². The highest BCUT2D eigenvalue weighted by Gasteiger charge is 2.17. The Balaban J connectivity index is 1.96. The van der Waals surface area contributed by atoms with E-state index < -0.39 is 0 Å². The quantitative estimate of drug-likeness (QED) is 0.804. The molecule has 0 aliphatic carbocycles. The molecule has 0 saturated carbocycles. The van der Waals surface area contributed by atoms with Crippen LogP contribution in [0.5, 0.6) is 0 Å². The van der Waals surface area contributed by atoms with Gasteiger partial charge in [-0.1, -0.05) is 38.1 Å². The molecule has 3 N–H and O–H groups in total. The molecular formula is C19H23FN2O. The highest BCUT2D eigenvalue weighted by molar-refractivity contribution is 5.79. The van der Waals surface area contributed by atoms with Crippen LogP contribution >= 0.6 is 0 Å². The summed E-state index contributed by atoms with van der Waals surface area (Å²) in [5, 5.41) is 3.08. The molecule has 1 atom stereocenters. The van der Waals surface area contributed by atoms with Gasteiger partial charge in [0.1, 0.15) is 5.82 Å². The van der Waals surface area contributed by atoms with Gasteiger partial charge in [-0.05, 0) is 47.7 Å². The van der Waals surface area contributed by atoms with Crippen LogP contribution in [-0.2, 0) is 17.6 Å². The van der Waals surface area contributed by atoms with Gasteiger partial charge in [-0.2, -0.15) is 0 Å². The lowest BCUT2D eigenvalue weighted by Gasteiger charge is -2.22. The van der Waals surface area contributed by atoms with Crippen molar-refractivity contribution in [3.63, 3.8) is 0 Å². The SMILES string of the molecule is CC(C)C(Cc1ccc(F)cc1)NC(=O)Cc1ccc(N)cc1. The Labute approximate surface area is 136 Å². The number of benzene rings is 2. The highest BCUT2D eigenvalue weighted by Crippen LogP contribution is 2.12. The molecule has 1 amide bonds. The third-order valence-corrected chi connectivity index (χ3v) is 3.86. The van der Waals surface area contributed by atoms with Crippen LogP contribution in [0.2, 0.25) is 0 Å². The number of hydrogen-bond donors (Lipinski definition) is 2. The molecule has 23 heavy (non-hydrogen) atoms. The number of carbonyl (C=O) groups excluding carboxylic acids is 1. The molecule has 0 aliphatic rings. The lowest BCUT2D eigenvalue weighted by Crippen LogP contribution is -2.40. The standard InChI is InChI=1S/C19H23FN2O/c1-13(2)18(11-14-3-7-16(20)8-4-14)22-19(23)12-15-5-9-17(21)10-6-15/h3-10,13,18H,11-12,21H2,1-2H3,(H,22,23). The van der Waals surface area contributed by atoms with E-state index in [1.165, 1.54) is 12.1 Å². The summed E-state index contributed by atoms with van der Waals surface area (Å²) < 4.78 is 13.0. The van der Waals surface area contributed by atoms with Crippen LogP contribution in [0.1, 0.15) is 25.0 Å². The number of rotatable bonds is 6. The Bertz CT molecular complexity index is 635. The van der Waals surface area contributed by atoms with Crippen molar-refractivity contribution in [2.45, 2.75) is 32.7 Å². The van der Waals surface area contributed by atoms with Crippen molar-refractivity contribution in [2.24, 2.45) is 5.92 Å². The monoisotopic (exact) mass is 314 g/mol. The van der Waals surface area contributed by atoms with Gasteiger partial charge in [0, 0.05) is 11.7 Å². The average molecular weight is 314 g/mol. The third kappa shape index (κ3) is 5.40. The van der Waals surface area contributed by atoms with Gasteiger partial charge in [0.15, 0.2) is 0 Å². The number of nitrogens with one attached hydrogen (secondary N) is 1. The lowest BCUT2D eigenvalue weighted by atomic mass is 9.96. The second-order valence-electron chi connectivity index (χ2n) is 6.17. The minimum atomic E-state index is -0.248. The number of hydrogen-bond acceptors (Lipinski definition) is 2. The molecule has 1 unspecified atom stereocenters. The molecule has 0 saturated heterocycles. The van der Waals surface area contributed by atoms with Crippen LogP contribution in [0.25, 0.3) is 0 Å². The minimum Gasteiger partial charge on any atom is -0.399 e. The Hall–Kier alpha value is -2.36. The van der Waals surface area contributed by atoms with Crippen LogP contribution in [0.15, 0.2) is 48.5 Å². The van der Waals surface area contributed by atoms with E-state index >= 15 is 0 Å². The van der Waals surface area contributed by atoms with Crippen molar-refractivity contribution >= 4 is 11.6 Å². The maximum Gasteiger partial charge on any atom is 0.224 e. The summed E-state index contributed by atoms with van der Waals surface area (Å²) in [5.74, 6) is 0.0215. The molecular weight excluding hydrogens is 291 g/mol. The molecule has 4 heteroatoms. The fourth-order valence-corrected chi connectivity index (χ4v) is 2.41. The Morgan fingerprint density at radius 3 is 2.17 bits per heavy atom. The second kappa shape index (κ2) is 7.77. The molecule has 0 aliphatic heterocycles. The summed E-state index contributed by atoms with van der Waals surface area (Å²) in [6.45, 7) is 4.13. The topological polar surface area (TPSA) is 55.1 Å². The van der Waals surface area contributed by atoms with Crippen molar-refractivity contribution in [3.05, 3.63) is 65.5 Å². The molecule has 2 aromatic rings. The largest absolute Gasteiger partial charge is 0.399 e. The summed E-state index contributed by atoms with van der Waals surface area (Å²) >= 11 is 0. The molecule has 2 rings (SSSR count). The van der Waals surface area contributed by atoms with Crippen molar-refractivity contribution in [1.82, 2.24) is 5.32 Å². The summed E-state index contributed by atoms with van der Waals surface area (Å²) in [5.41, 5.74) is 8.28. The number of anilines is 1. The molecule has 0 heterocycles. The van der Waals surface area contributed by atoms with Gasteiger partial charge in [0.25, 0.3) is 0 Å². The first kappa shape index (κ1) is 17.0. The lowest BCUT2D eigenvalue weighted by molar-refractivity contribution is -0.121. The molecule has 3 nitrogen and oxygen atoms in total. The highest BCUT2D eigenvalue weighted by atomic mass is 19.1. The zero-order chi connectivity index (χ0) is 16.8. The number of nitrogens with two attached hydrogens (primary N) is 1. The van der Waals surface area contributed by atoms with E-state index in [9.17, 15) is 9.18 Å². The van der Waals surface area contributed by atoms with E-state index in [1.54, 1.807) is 24.3 Å². The Kier molecular flexibility index (Phi) is 5.74. The zero-order valence-electron chi connectivity index (χ0n) is 13.6. The van der Waals surface area contributed by atoms with Crippen LogP contribution < -0.4 is 11.1 Å². The van der Waals surface area contributed by atoms with Gasteiger partial charge in [-0.3, -0.25) is 4.79 Å². The fraction of sp³-hybridized carbons (Fsp3) is 0.316. The molecule has 122 valence electrons. The second-order valence-corrected chi connectivity index (χ2v) is 6.17. The van der Waals surface area contributed by atoms with Gasteiger partial charge in [-0.25, -0.2) is 4.39 Å². The van der Waals surface area contributed by atoms with Crippen molar-refractivity contribution in [2.75, 3.05) is 5.73 Å². The Morgan fingerprint density at radius 1 is 1.04 bits per heavy atom. The first-order valence-corrected chi connectivity index (χ1v) is 7.82. The molecule has 0 aromatic heterocycles. The molecule has 0 spiro atoms. The first-order valence-electron chi connectivity index (χ1n) is 7.82. The number of carbonyl (C=O) groups is 1. The molecule has 2 aromatic carbocycles. The van der Waals surface area contributed by atoms with Gasteiger partial charge in [0.05, 0.1) is 6.42 Å². The number of halogens is 1. The maximum atomic E-state index is 13.0. The summed E-state index contributed by atoms with van der Waals surface area (Å²) in [6.07, 6.45) is 1.01. The van der Waals surface area contributed by atoms with Gasteiger partial charge < -0.3 is 11.1 Å². The number of amides is 1. The van der Waals surface area contributed by atoms with E-state index in [1.807, 2.05) is 12.1 Å². The Morgan fingerprint density at radius 2 is 1.61 bits per heavy atom. The van der Waals surface area contributed by atoms with Gasteiger partial charge in [-0.15, -0.1) is 0 Å². The van der Waals surface area contributed by atoms with Gasteiger partial charge >= 0.3 is 0 Å². The smallest absolute Gasteiger partial charge is 0.224 e. The van der Waals surface area contributed by atoms with Crippen LogP contribution in [0.4, 0.5) is 10.1 Å². The zero-order valence-corrected chi connectivity index (χ0v) is 13.6. The molecule has 0 fully saturated rings. The van der Waals surface area contributed by atoms with E-state index in [-0.39, 0.29) is 23.7 Å². The summed E-state index contributed by atoms with van der Waals surface area (Å²) in [6, 6.07) is 13.7. The first-order chi connectivity index (χ1) is 10.9. The van der Waals surface area contributed by atoms with Crippen molar-refractivity contribution < 1.29 is 9.18 Å². The van der Waals surface area contributed by atoms with Crippen LogP contribution in [0.3, 0.4) is 0 Å². The maximum absolute atomic E-state index is 13.0. The van der Waals surface area contributed by atoms with E-state index in [4.69, 9.17) is 5.73 Å². The summed E-state index contributed by atoms with van der Waals surface area (Å²) in [7, 11) is 0. The minimum absolute atomic E-state index is 0.0155. The van der Waals surface area contributed by atoms with Gasteiger partial charge in [0.2, 0.25) is 5.91 Å². The fourth-order valence-electron chi connectivity index (χ4n) is 2.41. The predicted octanol–water partition coefficient (Wildman–Crippen LogP) is 3.33. The van der Waals surface area contributed by atoms with Crippen LogP contribution in [-0.4, -0.2) is 11.9 Å². The van der Waals surface area contributed by atoms with Crippen molar-refractivity contribution in [1.29, 1.82) is 0 Å². The third-order valence-electron chi connectivity index (χ3n) is 3.86. The predicted molar refractivity (Wildman–Crippen MR) is 91.4 cm³/mol.